The number of H-pyrrole nitrogens is 1. The molecule has 0 saturated carbocycles. The summed E-state index contributed by atoms with van der Waals surface area (Å²) in [6.07, 6.45) is 1.00. The van der Waals surface area contributed by atoms with Crippen LogP contribution in [0.1, 0.15) is 16.2 Å². The molecule has 0 radical (unpaired) electrons. The van der Waals surface area contributed by atoms with E-state index in [0.29, 0.717) is 11.5 Å². The molecule has 2 rings (SSSR count). The number of nitrogens with zero attached hydrogens (tertiary/aromatic N) is 1. The SMILES string of the molecule is COc1ccccc1OCc1ncc(C(=O)O)c(=O)[nH]1. The number of ether oxygens (including phenoxy) is 2. The number of carbonyl (C=O) groups is 1. The maximum absolute atomic E-state index is 11.5. The monoisotopic (exact) mass is 276 g/mol. The van der Waals surface area contributed by atoms with Crippen molar-refractivity contribution in [2.24, 2.45) is 0 Å². The number of carboxylic acid groups (broad SMARTS) is 1. The second kappa shape index (κ2) is 5.87. The molecule has 7 nitrogen and oxygen atoms in total. The van der Waals surface area contributed by atoms with Crippen LogP contribution in [0.5, 0.6) is 11.5 Å². The van der Waals surface area contributed by atoms with Gasteiger partial charge in [0.15, 0.2) is 11.5 Å². The van der Waals surface area contributed by atoms with Crippen LogP contribution >= 0.6 is 0 Å². The van der Waals surface area contributed by atoms with Crippen LogP contribution in [-0.4, -0.2) is 28.2 Å². The van der Waals surface area contributed by atoms with Crippen molar-refractivity contribution in [3.63, 3.8) is 0 Å². The summed E-state index contributed by atoms with van der Waals surface area (Å²) in [7, 11) is 1.52. The van der Waals surface area contributed by atoms with Gasteiger partial charge in [0.05, 0.1) is 7.11 Å². The molecule has 1 heterocycles. The summed E-state index contributed by atoms with van der Waals surface area (Å²) in [5.41, 5.74) is -1.13. The molecule has 7 heteroatoms. The lowest BCUT2D eigenvalue weighted by Gasteiger charge is -2.09. The topological polar surface area (TPSA) is 102 Å². The smallest absolute Gasteiger partial charge is 0.342 e. The van der Waals surface area contributed by atoms with E-state index in [0.717, 1.165) is 6.20 Å². The molecule has 2 aromatic rings. The molecule has 0 atom stereocenters. The predicted octanol–water partition coefficient (Wildman–Crippen LogP) is 1.06. The van der Waals surface area contributed by atoms with E-state index in [4.69, 9.17) is 14.6 Å². The highest BCUT2D eigenvalue weighted by Crippen LogP contribution is 2.26. The predicted molar refractivity (Wildman–Crippen MR) is 69.1 cm³/mol. The van der Waals surface area contributed by atoms with Gasteiger partial charge in [-0.05, 0) is 12.1 Å². The van der Waals surface area contributed by atoms with Gasteiger partial charge in [-0.15, -0.1) is 0 Å². The van der Waals surface area contributed by atoms with Crippen LogP contribution in [0.15, 0.2) is 35.3 Å². The summed E-state index contributed by atoms with van der Waals surface area (Å²) in [6.45, 7) is -0.00445. The largest absolute Gasteiger partial charge is 0.493 e. The third-order valence-electron chi connectivity index (χ3n) is 2.52. The summed E-state index contributed by atoms with van der Waals surface area (Å²) in [4.78, 5) is 28.3. The molecular formula is C13H12N2O5. The average molecular weight is 276 g/mol. The Hall–Kier alpha value is -2.83. The van der Waals surface area contributed by atoms with Crippen molar-refractivity contribution < 1.29 is 19.4 Å². The Morgan fingerprint density at radius 2 is 2.05 bits per heavy atom. The summed E-state index contributed by atoms with van der Waals surface area (Å²) in [5, 5.41) is 8.72. The quantitative estimate of drug-likeness (QED) is 0.846. The Morgan fingerprint density at radius 1 is 1.35 bits per heavy atom. The molecule has 0 aliphatic heterocycles. The Balaban J connectivity index is 2.13. The second-order valence-corrected chi connectivity index (χ2v) is 3.82. The average Bonchev–Trinajstić information content (AvgIpc) is 2.45. The van der Waals surface area contributed by atoms with Gasteiger partial charge in [0.2, 0.25) is 0 Å². The molecule has 0 spiro atoms. The lowest BCUT2D eigenvalue weighted by molar-refractivity contribution is 0.0694. The number of benzene rings is 1. The molecular weight excluding hydrogens is 264 g/mol. The first-order valence-electron chi connectivity index (χ1n) is 5.69. The van der Waals surface area contributed by atoms with Crippen molar-refractivity contribution in [1.82, 2.24) is 9.97 Å². The van der Waals surface area contributed by atoms with Gasteiger partial charge >= 0.3 is 5.97 Å². The standard InChI is InChI=1S/C13H12N2O5/c1-19-9-4-2-3-5-10(9)20-7-11-14-6-8(13(17)18)12(16)15-11/h2-6H,7H2,1H3,(H,17,18)(H,14,15,16). The molecule has 20 heavy (non-hydrogen) atoms. The molecule has 104 valence electrons. The van der Waals surface area contributed by atoms with Crippen molar-refractivity contribution in [2.45, 2.75) is 6.61 Å². The van der Waals surface area contributed by atoms with Crippen LogP contribution in [0.4, 0.5) is 0 Å². The number of carboxylic acids is 1. The minimum atomic E-state index is -1.32. The van der Waals surface area contributed by atoms with E-state index in [9.17, 15) is 9.59 Å². The highest BCUT2D eigenvalue weighted by atomic mass is 16.5. The van der Waals surface area contributed by atoms with Crippen molar-refractivity contribution in [1.29, 1.82) is 0 Å². The zero-order valence-electron chi connectivity index (χ0n) is 10.6. The highest BCUT2D eigenvalue weighted by molar-refractivity contribution is 5.86. The summed E-state index contributed by atoms with van der Waals surface area (Å²) < 4.78 is 10.6. The van der Waals surface area contributed by atoms with E-state index >= 15 is 0 Å². The maximum Gasteiger partial charge on any atom is 0.342 e. The number of aromatic nitrogens is 2. The van der Waals surface area contributed by atoms with Gasteiger partial charge in [-0.25, -0.2) is 9.78 Å². The normalized spacial score (nSPS) is 10.1. The number of aromatic amines is 1. The van der Waals surface area contributed by atoms with Crippen LogP contribution < -0.4 is 15.0 Å². The van der Waals surface area contributed by atoms with E-state index in [-0.39, 0.29) is 12.4 Å². The van der Waals surface area contributed by atoms with Gasteiger partial charge in [-0.1, -0.05) is 12.1 Å². The Bertz CT molecular complexity index is 680. The van der Waals surface area contributed by atoms with Gasteiger partial charge in [-0.2, -0.15) is 0 Å². The zero-order chi connectivity index (χ0) is 14.5. The molecule has 1 aromatic heterocycles. The van der Waals surface area contributed by atoms with E-state index in [1.54, 1.807) is 24.3 Å². The number of hydrogen-bond donors (Lipinski definition) is 2. The maximum atomic E-state index is 11.5. The van der Waals surface area contributed by atoms with Crippen molar-refractivity contribution in [2.75, 3.05) is 7.11 Å². The number of rotatable bonds is 5. The number of methoxy groups -OCH3 is 1. The molecule has 0 aliphatic rings. The second-order valence-electron chi connectivity index (χ2n) is 3.82. The number of para-hydroxylation sites is 2. The lowest BCUT2D eigenvalue weighted by atomic mass is 10.3. The van der Waals surface area contributed by atoms with E-state index in [1.165, 1.54) is 7.11 Å². The molecule has 2 N–H and O–H groups in total. The first-order chi connectivity index (χ1) is 9.61. The highest BCUT2D eigenvalue weighted by Gasteiger charge is 2.10. The van der Waals surface area contributed by atoms with Gasteiger partial charge in [-0.3, -0.25) is 4.79 Å². The van der Waals surface area contributed by atoms with Crippen LogP contribution in [0.2, 0.25) is 0 Å². The molecule has 0 saturated heterocycles. The van der Waals surface area contributed by atoms with Crippen molar-refractivity contribution in [3.8, 4) is 11.5 Å². The number of nitrogens with one attached hydrogen (secondary N) is 1. The molecule has 0 unspecified atom stereocenters. The molecule has 0 fully saturated rings. The Labute approximate surface area is 113 Å². The number of hydrogen-bond acceptors (Lipinski definition) is 5. The van der Waals surface area contributed by atoms with Crippen LogP contribution in [0, 0.1) is 0 Å². The zero-order valence-corrected chi connectivity index (χ0v) is 10.6. The molecule has 0 bridgehead atoms. The van der Waals surface area contributed by atoms with Crippen LogP contribution in [-0.2, 0) is 6.61 Å². The third-order valence-corrected chi connectivity index (χ3v) is 2.52. The molecule has 0 aliphatic carbocycles. The van der Waals surface area contributed by atoms with Crippen LogP contribution in [0.3, 0.4) is 0 Å². The van der Waals surface area contributed by atoms with Crippen molar-refractivity contribution in [3.05, 3.63) is 52.2 Å². The fourth-order valence-electron chi connectivity index (χ4n) is 1.54. The van der Waals surface area contributed by atoms with Gasteiger partial charge in [0.1, 0.15) is 18.0 Å². The summed E-state index contributed by atoms with van der Waals surface area (Å²) >= 11 is 0. The van der Waals surface area contributed by atoms with E-state index in [1.807, 2.05) is 0 Å². The first kappa shape index (κ1) is 13.6. The fraction of sp³-hybridized carbons (Fsp3) is 0.154. The van der Waals surface area contributed by atoms with E-state index < -0.39 is 17.1 Å². The Morgan fingerprint density at radius 3 is 2.65 bits per heavy atom. The number of aromatic carboxylic acids is 1. The minimum Gasteiger partial charge on any atom is -0.493 e. The summed E-state index contributed by atoms with van der Waals surface area (Å²) in [6, 6.07) is 7.02. The first-order valence-corrected chi connectivity index (χ1v) is 5.69. The van der Waals surface area contributed by atoms with Crippen molar-refractivity contribution >= 4 is 5.97 Å². The fourth-order valence-corrected chi connectivity index (χ4v) is 1.54. The van der Waals surface area contributed by atoms with Gasteiger partial charge in [0, 0.05) is 6.20 Å². The van der Waals surface area contributed by atoms with Gasteiger partial charge < -0.3 is 19.6 Å². The minimum absolute atomic E-state index is 0.00445. The Kier molecular flexibility index (Phi) is 3.99. The van der Waals surface area contributed by atoms with Gasteiger partial charge in [0.25, 0.3) is 5.56 Å². The van der Waals surface area contributed by atoms with E-state index in [2.05, 4.69) is 9.97 Å². The van der Waals surface area contributed by atoms with Crippen LogP contribution in [0.25, 0.3) is 0 Å². The third kappa shape index (κ3) is 2.94. The molecule has 0 amide bonds. The lowest BCUT2D eigenvalue weighted by Crippen LogP contribution is -2.20. The molecule has 1 aromatic carbocycles. The summed E-state index contributed by atoms with van der Waals surface area (Å²) in [5.74, 6) is -0.0428.